The van der Waals surface area contributed by atoms with Gasteiger partial charge in [-0.1, -0.05) is 24.3 Å². The normalized spacial score (nSPS) is 19.7. The van der Waals surface area contributed by atoms with Crippen LogP contribution in [0, 0.1) is 0 Å². The molecule has 4 nitrogen and oxygen atoms in total. The summed E-state index contributed by atoms with van der Waals surface area (Å²) in [5.41, 5.74) is -1.57. The summed E-state index contributed by atoms with van der Waals surface area (Å²) in [6.07, 6.45) is 2.38. The SMILES string of the molecule is C=C/C(C)=C/C[C@@H](O)[C@](C)(O)CC[C@@H](O)C(C)(C)O. The molecule has 4 N–H and O–H groups in total. The molecule has 0 rings (SSSR count). The van der Waals surface area contributed by atoms with Gasteiger partial charge < -0.3 is 20.4 Å². The zero-order valence-corrected chi connectivity index (χ0v) is 12.4. The molecule has 0 aromatic rings. The van der Waals surface area contributed by atoms with Gasteiger partial charge in [0.15, 0.2) is 0 Å². The van der Waals surface area contributed by atoms with Gasteiger partial charge in [-0.15, -0.1) is 0 Å². The zero-order valence-electron chi connectivity index (χ0n) is 12.4. The third-order valence-corrected chi connectivity index (χ3v) is 3.44. The predicted molar refractivity (Wildman–Crippen MR) is 76.7 cm³/mol. The standard InChI is InChI=1S/C15H28O4/c1-6-11(2)7-8-13(17)15(5,19)10-9-12(16)14(3,4)18/h6-7,12-13,16-19H,1,8-10H2,2-5H3/b11-7+/t12-,13-,15-/m1/s1. The second-order valence-electron chi connectivity index (χ2n) is 5.97. The van der Waals surface area contributed by atoms with E-state index >= 15 is 0 Å². The molecule has 4 heteroatoms. The van der Waals surface area contributed by atoms with E-state index in [9.17, 15) is 20.4 Å². The summed E-state index contributed by atoms with van der Waals surface area (Å²) in [5.74, 6) is 0. The maximum Gasteiger partial charge on any atom is 0.0881 e. The van der Waals surface area contributed by atoms with Gasteiger partial charge in [-0.2, -0.15) is 0 Å². The Morgan fingerprint density at radius 2 is 1.68 bits per heavy atom. The second-order valence-corrected chi connectivity index (χ2v) is 5.97. The number of allylic oxidation sites excluding steroid dienone is 2. The van der Waals surface area contributed by atoms with E-state index in [4.69, 9.17) is 0 Å². The van der Waals surface area contributed by atoms with Gasteiger partial charge in [-0.25, -0.2) is 0 Å². The Labute approximate surface area is 116 Å². The van der Waals surface area contributed by atoms with Crippen molar-refractivity contribution in [1.82, 2.24) is 0 Å². The lowest BCUT2D eigenvalue weighted by atomic mass is 9.87. The van der Waals surface area contributed by atoms with Crippen LogP contribution in [0.4, 0.5) is 0 Å². The highest BCUT2D eigenvalue weighted by atomic mass is 16.3. The Morgan fingerprint density at radius 3 is 2.11 bits per heavy atom. The highest BCUT2D eigenvalue weighted by Gasteiger charge is 2.32. The van der Waals surface area contributed by atoms with Gasteiger partial charge in [-0.05, 0) is 47.0 Å². The molecule has 112 valence electrons. The van der Waals surface area contributed by atoms with Crippen molar-refractivity contribution in [2.24, 2.45) is 0 Å². The molecule has 0 radical (unpaired) electrons. The smallest absolute Gasteiger partial charge is 0.0881 e. The molecular formula is C15H28O4. The Kier molecular flexibility index (Phi) is 6.94. The summed E-state index contributed by atoms with van der Waals surface area (Å²) in [7, 11) is 0. The molecule has 0 aromatic heterocycles. The number of hydrogen-bond donors (Lipinski definition) is 4. The average molecular weight is 272 g/mol. The maximum atomic E-state index is 10.2. The van der Waals surface area contributed by atoms with Gasteiger partial charge in [0.05, 0.1) is 23.4 Å². The monoisotopic (exact) mass is 272 g/mol. The summed E-state index contributed by atoms with van der Waals surface area (Å²) >= 11 is 0. The number of aliphatic hydroxyl groups is 4. The minimum atomic E-state index is -1.30. The van der Waals surface area contributed by atoms with Crippen molar-refractivity contribution in [3.63, 3.8) is 0 Å². The summed E-state index contributed by atoms with van der Waals surface area (Å²) in [4.78, 5) is 0. The fourth-order valence-electron chi connectivity index (χ4n) is 1.58. The maximum absolute atomic E-state index is 10.2. The molecule has 0 unspecified atom stereocenters. The molecule has 0 aliphatic heterocycles. The topological polar surface area (TPSA) is 80.9 Å². The molecule has 0 aliphatic carbocycles. The van der Waals surface area contributed by atoms with Crippen LogP contribution in [0.3, 0.4) is 0 Å². The van der Waals surface area contributed by atoms with Gasteiger partial charge in [-0.3, -0.25) is 0 Å². The zero-order chi connectivity index (χ0) is 15.3. The van der Waals surface area contributed by atoms with Crippen molar-refractivity contribution >= 4 is 0 Å². The minimum absolute atomic E-state index is 0.209. The van der Waals surface area contributed by atoms with Crippen LogP contribution in [0.5, 0.6) is 0 Å². The molecule has 0 saturated carbocycles. The fraction of sp³-hybridized carbons (Fsp3) is 0.733. The van der Waals surface area contributed by atoms with Crippen LogP contribution >= 0.6 is 0 Å². The Balaban J connectivity index is 4.41. The van der Waals surface area contributed by atoms with Crippen molar-refractivity contribution < 1.29 is 20.4 Å². The molecule has 0 bridgehead atoms. The van der Waals surface area contributed by atoms with Gasteiger partial charge in [0, 0.05) is 0 Å². The van der Waals surface area contributed by atoms with Crippen molar-refractivity contribution in [3.05, 3.63) is 24.3 Å². The number of hydrogen-bond acceptors (Lipinski definition) is 4. The average Bonchev–Trinajstić information content (AvgIpc) is 2.31. The van der Waals surface area contributed by atoms with Crippen LogP contribution in [0.25, 0.3) is 0 Å². The first kappa shape index (κ1) is 18.3. The lowest BCUT2D eigenvalue weighted by Gasteiger charge is -2.32. The van der Waals surface area contributed by atoms with E-state index in [1.54, 1.807) is 12.2 Å². The first-order chi connectivity index (χ1) is 8.50. The van der Waals surface area contributed by atoms with Crippen LogP contribution in [-0.4, -0.2) is 43.8 Å². The molecule has 19 heavy (non-hydrogen) atoms. The lowest BCUT2D eigenvalue weighted by molar-refractivity contribution is -0.0919. The molecule has 3 atom stereocenters. The fourth-order valence-corrected chi connectivity index (χ4v) is 1.58. The Bertz CT molecular complexity index is 313. The van der Waals surface area contributed by atoms with Crippen LogP contribution in [0.2, 0.25) is 0 Å². The molecular weight excluding hydrogens is 244 g/mol. The minimum Gasteiger partial charge on any atom is -0.390 e. The summed E-state index contributed by atoms with van der Waals surface area (Å²) in [6.45, 7) is 10.0. The van der Waals surface area contributed by atoms with Crippen LogP contribution in [-0.2, 0) is 0 Å². The predicted octanol–water partition coefficient (Wildman–Crippen LogP) is 1.53. The van der Waals surface area contributed by atoms with Crippen molar-refractivity contribution in [2.45, 2.75) is 70.4 Å². The highest BCUT2D eigenvalue weighted by molar-refractivity contribution is 5.13. The van der Waals surface area contributed by atoms with E-state index in [0.717, 1.165) is 5.57 Å². The van der Waals surface area contributed by atoms with E-state index in [1.165, 1.54) is 20.8 Å². The van der Waals surface area contributed by atoms with Crippen molar-refractivity contribution in [1.29, 1.82) is 0 Å². The lowest BCUT2D eigenvalue weighted by Crippen LogP contribution is -2.42. The second kappa shape index (κ2) is 7.20. The summed E-state index contributed by atoms with van der Waals surface area (Å²) in [6, 6.07) is 0. The first-order valence-corrected chi connectivity index (χ1v) is 6.60. The summed E-state index contributed by atoms with van der Waals surface area (Å²) < 4.78 is 0. The first-order valence-electron chi connectivity index (χ1n) is 6.60. The molecule has 0 amide bonds. The van der Waals surface area contributed by atoms with Crippen molar-refractivity contribution in [3.8, 4) is 0 Å². The molecule has 0 aromatic carbocycles. The van der Waals surface area contributed by atoms with E-state index in [0.29, 0.717) is 6.42 Å². The summed E-state index contributed by atoms with van der Waals surface area (Å²) in [5, 5.41) is 39.5. The van der Waals surface area contributed by atoms with Gasteiger partial charge in [0.1, 0.15) is 0 Å². The van der Waals surface area contributed by atoms with Crippen molar-refractivity contribution in [2.75, 3.05) is 0 Å². The molecule has 0 spiro atoms. The molecule has 0 fully saturated rings. The molecule has 0 aliphatic rings. The number of aliphatic hydroxyl groups excluding tert-OH is 2. The van der Waals surface area contributed by atoms with E-state index < -0.39 is 23.4 Å². The molecule has 0 heterocycles. The van der Waals surface area contributed by atoms with Crippen LogP contribution in [0.1, 0.15) is 47.0 Å². The highest BCUT2D eigenvalue weighted by Crippen LogP contribution is 2.24. The third-order valence-electron chi connectivity index (χ3n) is 3.44. The molecule has 0 saturated heterocycles. The van der Waals surface area contributed by atoms with Gasteiger partial charge in [0.25, 0.3) is 0 Å². The third kappa shape index (κ3) is 6.87. The van der Waals surface area contributed by atoms with Crippen LogP contribution < -0.4 is 0 Å². The Morgan fingerprint density at radius 1 is 1.16 bits per heavy atom. The van der Waals surface area contributed by atoms with E-state index in [1.807, 2.05) is 6.92 Å². The quantitative estimate of drug-likeness (QED) is 0.505. The van der Waals surface area contributed by atoms with Gasteiger partial charge >= 0.3 is 0 Å². The Hall–Kier alpha value is -0.680. The largest absolute Gasteiger partial charge is 0.390 e. The van der Waals surface area contributed by atoms with Gasteiger partial charge in [0.2, 0.25) is 0 Å². The van der Waals surface area contributed by atoms with Crippen LogP contribution in [0.15, 0.2) is 24.3 Å². The number of rotatable bonds is 8. The van der Waals surface area contributed by atoms with E-state index in [-0.39, 0.29) is 12.8 Å². The van der Waals surface area contributed by atoms with E-state index in [2.05, 4.69) is 6.58 Å².